The Morgan fingerprint density at radius 2 is 1.61 bits per heavy atom. The molecule has 0 amide bonds. The molecule has 1 nitrogen and oxygen atoms in total. The minimum absolute atomic E-state index is 0.731. The van der Waals surface area contributed by atoms with E-state index in [9.17, 15) is 0 Å². The monoisotopic (exact) mass is 236 g/mol. The summed E-state index contributed by atoms with van der Waals surface area (Å²) in [6, 6.07) is 14.9. The van der Waals surface area contributed by atoms with E-state index in [4.69, 9.17) is 4.42 Å². The summed E-state index contributed by atoms with van der Waals surface area (Å²) in [6.45, 7) is 0. The maximum absolute atomic E-state index is 5.95. The fourth-order valence-electron chi connectivity index (χ4n) is 3.38. The first-order valence-corrected chi connectivity index (χ1v) is 6.83. The van der Waals surface area contributed by atoms with Crippen LogP contribution in [0.5, 0.6) is 0 Å². The van der Waals surface area contributed by atoms with Crippen LogP contribution in [0, 0.1) is 0 Å². The smallest absolute Gasteiger partial charge is 0.135 e. The Balaban J connectivity index is 2.06. The molecule has 18 heavy (non-hydrogen) atoms. The van der Waals surface area contributed by atoms with Crippen molar-refractivity contribution in [2.24, 2.45) is 0 Å². The Labute approximate surface area is 106 Å². The number of hydrogen-bond donors (Lipinski definition) is 0. The highest BCUT2D eigenvalue weighted by atomic mass is 16.3. The molecule has 1 aliphatic carbocycles. The molecular weight excluding hydrogens is 220 g/mol. The molecule has 4 rings (SSSR count). The van der Waals surface area contributed by atoms with Gasteiger partial charge in [-0.3, -0.25) is 0 Å². The molecule has 1 fully saturated rings. The third-order valence-electron chi connectivity index (χ3n) is 4.23. The van der Waals surface area contributed by atoms with E-state index in [0.717, 1.165) is 17.1 Å². The highest BCUT2D eigenvalue weighted by molar-refractivity contribution is 6.06. The quantitative estimate of drug-likeness (QED) is 0.563. The Hall–Kier alpha value is -1.76. The van der Waals surface area contributed by atoms with Crippen molar-refractivity contribution in [2.45, 2.75) is 31.6 Å². The van der Waals surface area contributed by atoms with Crippen LogP contribution in [0.4, 0.5) is 0 Å². The lowest BCUT2D eigenvalue weighted by atomic mass is 9.93. The zero-order valence-electron chi connectivity index (χ0n) is 10.4. The molecule has 0 unspecified atom stereocenters. The molecular formula is C17H16O. The number of benzene rings is 2. The van der Waals surface area contributed by atoms with Crippen LogP contribution in [0.2, 0.25) is 0 Å². The Morgan fingerprint density at radius 1 is 0.833 bits per heavy atom. The first kappa shape index (κ1) is 10.2. The van der Waals surface area contributed by atoms with Gasteiger partial charge in [-0.05, 0) is 36.5 Å². The first-order chi connectivity index (χ1) is 8.93. The van der Waals surface area contributed by atoms with Gasteiger partial charge in [0.2, 0.25) is 0 Å². The molecule has 1 aliphatic rings. The summed E-state index contributed by atoms with van der Waals surface area (Å²) in [5.74, 6) is 0.731. The molecule has 0 spiro atoms. The number of furan rings is 1. The maximum Gasteiger partial charge on any atom is 0.135 e. The van der Waals surface area contributed by atoms with Gasteiger partial charge in [-0.25, -0.2) is 0 Å². The molecule has 0 aliphatic heterocycles. The number of fused-ring (bicyclic) bond motifs is 3. The lowest BCUT2D eigenvalue weighted by Gasteiger charge is -2.10. The summed E-state index contributed by atoms with van der Waals surface area (Å²) in [7, 11) is 0. The van der Waals surface area contributed by atoms with Crippen LogP contribution in [0.1, 0.15) is 37.2 Å². The molecule has 1 saturated carbocycles. The fraction of sp³-hybridized carbons (Fsp3) is 0.294. The van der Waals surface area contributed by atoms with Gasteiger partial charge in [-0.15, -0.1) is 0 Å². The van der Waals surface area contributed by atoms with Gasteiger partial charge in [0.15, 0.2) is 0 Å². The van der Waals surface area contributed by atoms with Crippen molar-refractivity contribution in [3.63, 3.8) is 0 Å². The first-order valence-electron chi connectivity index (χ1n) is 6.83. The molecule has 0 bridgehead atoms. The van der Waals surface area contributed by atoms with E-state index in [1.54, 1.807) is 0 Å². The van der Waals surface area contributed by atoms with Gasteiger partial charge in [0.1, 0.15) is 11.2 Å². The summed E-state index contributed by atoms with van der Waals surface area (Å²) in [5, 5.41) is 2.62. The molecule has 1 aromatic heterocycles. The van der Waals surface area contributed by atoms with Crippen molar-refractivity contribution in [3.05, 3.63) is 48.0 Å². The van der Waals surface area contributed by atoms with Crippen LogP contribution in [0.3, 0.4) is 0 Å². The molecule has 0 N–H and O–H groups in total. The van der Waals surface area contributed by atoms with Crippen molar-refractivity contribution in [3.8, 4) is 0 Å². The summed E-state index contributed by atoms with van der Waals surface area (Å²) >= 11 is 0. The van der Waals surface area contributed by atoms with Gasteiger partial charge in [-0.1, -0.05) is 43.2 Å². The topological polar surface area (TPSA) is 13.1 Å². The Morgan fingerprint density at radius 3 is 2.50 bits per heavy atom. The van der Waals surface area contributed by atoms with Crippen LogP contribution in [-0.2, 0) is 0 Å². The summed E-state index contributed by atoms with van der Waals surface area (Å²) in [5.41, 5.74) is 3.55. The van der Waals surface area contributed by atoms with Crippen molar-refractivity contribution < 1.29 is 4.42 Å². The van der Waals surface area contributed by atoms with E-state index in [2.05, 4.69) is 36.4 Å². The normalized spacial score (nSPS) is 16.9. The molecule has 3 aromatic rings. The summed E-state index contributed by atoms with van der Waals surface area (Å²) < 4.78 is 5.95. The van der Waals surface area contributed by atoms with E-state index < -0.39 is 0 Å². The van der Waals surface area contributed by atoms with E-state index in [1.807, 2.05) is 6.07 Å². The van der Waals surface area contributed by atoms with Crippen molar-refractivity contribution in [1.29, 1.82) is 0 Å². The minimum atomic E-state index is 0.731. The van der Waals surface area contributed by atoms with Crippen molar-refractivity contribution in [2.75, 3.05) is 0 Å². The lowest BCUT2D eigenvalue weighted by molar-refractivity contribution is 0.667. The van der Waals surface area contributed by atoms with E-state index in [1.165, 1.54) is 42.0 Å². The van der Waals surface area contributed by atoms with E-state index >= 15 is 0 Å². The average Bonchev–Trinajstić information content (AvgIpc) is 3.05. The zero-order valence-corrected chi connectivity index (χ0v) is 10.4. The molecule has 0 saturated heterocycles. The van der Waals surface area contributed by atoms with Gasteiger partial charge in [0.25, 0.3) is 0 Å². The van der Waals surface area contributed by atoms with Gasteiger partial charge >= 0.3 is 0 Å². The van der Waals surface area contributed by atoms with E-state index in [0.29, 0.717) is 0 Å². The fourth-order valence-corrected chi connectivity index (χ4v) is 3.38. The van der Waals surface area contributed by atoms with Crippen LogP contribution in [-0.4, -0.2) is 0 Å². The number of hydrogen-bond acceptors (Lipinski definition) is 1. The zero-order chi connectivity index (χ0) is 11.9. The highest BCUT2D eigenvalue weighted by Crippen LogP contribution is 2.40. The third-order valence-corrected chi connectivity index (χ3v) is 4.23. The van der Waals surface area contributed by atoms with Gasteiger partial charge in [0, 0.05) is 10.8 Å². The Bertz CT molecular complexity index is 702. The Kier molecular flexibility index (Phi) is 2.19. The SMILES string of the molecule is c1ccc2c(c1)oc1cccc(C3CCCC3)c12. The standard InChI is InChI=1S/C17H16O/c1-2-7-12(6-1)13-9-5-11-16-17(13)14-8-3-4-10-15(14)18-16/h3-5,8-12H,1-2,6-7H2. The van der Waals surface area contributed by atoms with E-state index in [-0.39, 0.29) is 0 Å². The van der Waals surface area contributed by atoms with Gasteiger partial charge in [0.05, 0.1) is 0 Å². The second-order valence-electron chi connectivity index (χ2n) is 5.30. The highest BCUT2D eigenvalue weighted by Gasteiger charge is 2.21. The molecule has 1 heterocycles. The third kappa shape index (κ3) is 1.40. The van der Waals surface area contributed by atoms with Gasteiger partial charge in [-0.2, -0.15) is 0 Å². The van der Waals surface area contributed by atoms with Crippen LogP contribution < -0.4 is 0 Å². The van der Waals surface area contributed by atoms with Gasteiger partial charge < -0.3 is 4.42 Å². The molecule has 0 radical (unpaired) electrons. The predicted octanol–water partition coefficient (Wildman–Crippen LogP) is 5.24. The van der Waals surface area contributed by atoms with Crippen molar-refractivity contribution >= 4 is 21.9 Å². The average molecular weight is 236 g/mol. The second-order valence-corrected chi connectivity index (χ2v) is 5.30. The predicted molar refractivity (Wildman–Crippen MR) is 74.9 cm³/mol. The lowest BCUT2D eigenvalue weighted by Crippen LogP contribution is -1.92. The molecule has 1 heteroatoms. The second kappa shape index (κ2) is 3.88. The summed E-state index contributed by atoms with van der Waals surface area (Å²) in [6.07, 6.45) is 5.41. The maximum atomic E-state index is 5.95. The molecule has 2 aromatic carbocycles. The number of para-hydroxylation sites is 1. The molecule has 90 valence electrons. The largest absolute Gasteiger partial charge is 0.456 e. The number of rotatable bonds is 1. The van der Waals surface area contributed by atoms with Crippen LogP contribution in [0.15, 0.2) is 46.9 Å². The van der Waals surface area contributed by atoms with Crippen LogP contribution in [0.25, 0.3) is 21.9 Å². The van der Waals surface area contributed by atoms with Crippen molar-refractivity contribution in [1.82, 2.24) is 0 Å². The summed E-state index contributed by atoms with van der Waals surface area (Å²) in [4.78, 5) is 0. The minimum Gasteiger partial charge on any atom is -0.456 e. The molecule has 0 atom stereocenters. The van der Waals surface area contributed by atoms with Crippen LogP contribution >= 0.6 is 0 Å².